The molecule has 0 aliphatic carbocycles. The topological polar surface area (TPSA) is 61.2 Å². The van der Waals surface area contributed by atoms with Crippen LogP contribution in [0.1, 0.15) is 38.2 Å². The van der Waals surface area contributed by atoms with E-state index in [9.17, 15) is 0 Å². The Balaban J connectivity index is 1.97. The minimum atomic E-state index is 0.224. The first-order valence-corrected chi connectivity index (χ1v) is 10.4. The number of hydrogen-bond acceptors (Lipinski definition) is 6. The van der Waals surface area contributed by atoms with Gasteiger partial charge in [-0.3, -0.25) is 4.57 Å². The van der Waals surface area contributed by atoms with Gasteiger partial charge in [0, 0.05) is 17.5 Å². The summed E-state index contributed by atoms with van der Waals surface area (Å²) in [5.41, 5.74) is 4.55. The lowest BCUT2D eigenvalue weighted by atomic mass is 10.1. The molecule has 0 spiro atoms. The normalized spacial score (nSPS) is 16.4. The van der Waals surface area contributed by atoms with E-state index in [0.717, 1.165) is 34.5 Å². The van der Waals surface area contributed by atoms with E-state index in [1.54, 1.807) is 14.2 Å². The molecule has 1 aliphatic rings. The van der Waals surface area contributed by atoms with E-state index in [1.165, 1.54) is 11.1 Å². The zero-order chi connectivity index (χ0) is 20.3. The fraction of sp³-hybridized carbons (Fsp3) is 0.429. The number of nitrogens with zero attached hydrogens (tertiary/aromatic N) is 3. The van der Waals surface area contributed by atoms with Crippen LogP contribution in [0.3, 0.4) is 0 Å². The number of anilines is 2. The van der Waals surface area contributed by atoms with Gasteiger partial charge in [0.2, 0.25) is 5.95 Å². The monoisotopic (exact) mass is 400 g/mol. The average Bonchev–Trinajstić information content (AvgIpc) is 3.10. The first-order chi connectivity index (χ1) is 13.4. The van der Waals surface area contributed by atoms with E-state index in [4.69, 9.17) is 9.47 Å². The summed E-state index contributed by atoms with van der Waals surface area (Å²) in [6, 6.07) is 4.12. The highest BCUT2D eigenvalue weighted by Gasteiger charge is 2.26. The Morgan fingerprint density at radius 1 is 1.14 bits per heavy atom. The number of aryl methyl sites for hydroxylation is 1. The van der Waals surface area contributed by atoms with Gasteiger partial charge in [-0.1, -0.05) is 17.7 Å². The van der Waals surface area contributed by atoms with Crippen LogP contribution in [0.15, 0.2) is 35.4 Å². The molecule has 1 N–H and O–H groups in total. The van der Waals surface area contributed by atoms with Gasteiger partial charge in [0.05, 0.1) is 26.0 Å². The zero-order valence-electron chi connectivity index (χ0n) is 17.4. The van der Waals surface area contributed by atoms with Crippen molar-refractivity contribution in [3.8, 4) is 11.5 Å². The van der Waals surface area contributed by atoms with Crippen molar-refractivity contribution in [2.45, 2.75) is 39.5 Å². The molecule has 0 saturated heterocycles. The lowest BCUT2D eigenvalue weighted by Crippen LogP contribution is -2.21. The molecule has 1 unspecified atom stereocenters. The number of rotatable bonds is 6. The second-order valence-corrected chi connectivity index (χ2v) is 8.17. The number of methoxy groups -OCH3 is 2. The average molecular weight is 401 g/mol. The lowest BCUT2D eigenvalue weighted by Gasteiger charge is -2.27. The number of benzene rings is 1. The van der Waals surface area contributed by atoms with Crippen molar-refractivity contribution in [2.24, 2.45) is 0 Å². The Labute approximate surface area is 171 Å². The van der Waals surface area contributed by atoms with E-state index < -0.39 is 0 Å². The Bertz CT molecular complexity index is 913. The van der Waals surface area contributed by atoms with Gasteiger partial charge in [-0.05, 0) is 44.9 Å². The van der Waals surface area contributed by atoms with Gasteiger partial charge in [-0.15, -0.1) is 10.2 Å². The molecule has 0 amide bonds. The highest BCUT2D eigenvalue weighted by Crippen LogP contribution is 2.37. The van der Waals surface area contributed by atoms with Crippen LogP contribution in [0.4, 0.5) is 11.6 Å². The number of ether oxygens (including phenoxy) is 2. The van der Waals surface area contributed by atoms with Crippen LogP contribution in [0, 0.1) is 6.92 Å². The molecule has 1 aromatic carbocycles. The number of fused-ring (bicyclic) bond motifs is 1. The third kappa shape index (κ3) is 4.19. The quantitative estimate of drug-likeness (QED) is 0.685. The van der Waals surface area contributed by atoms with Gasteiger partial charge >= 0.3 is 0 Å². The number of allylic oxidation sites excluding steroid dienone is 4. The molecule has 2 heterocycles. The van der Waals surface area contributed by atoms with Crippen LogP contribution in [0.5, 0.6) is 11.5 Å². The molecular formula is C21H28N4O2S. The molecule has 7 heteroatoms. The molecule has 1 aliphatic heterocycles. The fourth-order valence-corrected chi connectivity index (χ4v) is 4.28. The number of thioether (sulfide) groups is 1. The third-order valence-electron chi connectivity index (χ3n) is 4.77. The number of nitrogens with one attached hydrogen (secondary N) is 1. The SMILES string of the molecule is COc1cc(C)c(Nc2nnc3n2C(C(C)=CC=C(C)C)CSC3)cc1OC. The molecule has 0 fully saturated rings. The van der Waals surface area contributed by atoms with Crippen LogP contribution in [0.2, 0.25) is 0 Å². The Hall–Kier alpha value is -2.41. The molecule has 3 rings (SSSR count). The molecule has 0 radical (unpaired) electrons. The van der Waals surface area contributed by atoms with Crippen molar-refractivity contribution in [1.82, 2.24) is 14.8 Å². The van der Waals surface area contributed by atoms with Gasteiger partial charge < -0.3 is 14.8 Å². The molecule has 1 aromatic heterocycles. The highest BCUT2D eigenvalue weighted by atomic mass is 32.2. The summed E-state index contributed by atoms with van der Waals surface area (Å²) < 4.78 is 13.1. The largest absolute Gasteiger partial charge is 0.493 e. The van der Waals surface area contributed by atoms with E-state index in [0.29, 0.717) is 11.5 Å². The summed E-state index contributed by atoms with van der Waals surface area (Å²) in [7, 11) is 3.28. The van der Waals surface area contributed by atoms with Gasteiger partial charge in [-0.2, -0.15) is 11.8 Å². The number of hydrogen-bond donors (Lipinski definition) is 1. The minimum Gasteiger partial charge on any atom is -0.493 e. The predicted octanol–water partition coefficient (Wildman–Crippen LogP) is 5.05. The summed E-state index contributed by atoms with van der Waals surface area (Å²) in [5.74, 6) is 5.01. The van der Waals surface area contributed by atoms with Crippen LogP contribution in [0.25, 0.3) is 0 Å². The smallest absolute Gasteiger partial charge is 0.229 e. The van der Waals surface area contributed by atoms with Crippen molar-refractivity contribution in [2.75, 3.05) is 25.3 Å². The van der Waals surface area contributed by atoms with E-state index in [1.807, 2.05) is 30.8 Å². The highest BCUT2D eigenvalue weighted by molar-refractivity contribution is 7.98. The lowest BCUT2D eigenvalue weighted by molar-refractivity contribution is 0.355. The molecule has 0 saturated carbocycles. The predicted molar refractivity (Wildman–Crippen MR) is 116 cm³/mol. The van der Waals surface area contributed by atoms with E-state index in [-0.39, 0.29) is 6.04 Å². The summed E-state index contributed by atoms with van der Waals surface area (Å²) in [5, 5.41) is 12.3. The fourth-order valence-electron chi connectivity index (χ4n) is 3.15. The molecule has 2 aromatic rings. The summed E-state index contributed by atoms with van der Waals surface area (Å²) in [6.45, 7) is 8.42. The van der Waals surface area contributed by atoms with Crippen LogP contribution < -0.4 is 14.8 Å². The molecule has 28 heavy (non-hydrogen) atoms. The van der Waals surface area contributed by atoms with Crippen molar-refractivity contribution < 1.29 is 9.47 Å². The van der Waals surface area contributed by atoms with E-state index >= 15 is 0 Å². The molecular weight excluding hydrogens is 372 g/mol. The minimum absolute atomic E-state index is 0.224. The third-order valence-corrected chi connectivity index (χ3v) is 5.78. The first kappa shape index (κ1) is 20.3. The Kier molecular flexibility index (Phi) is 6.34. The number of aromatic nitrogens is 3. The van der Waals surface area contributed by atoms with Crippen LogP contribution in [-0.4, -0.2) is 34.7 Å². The Morgan fingerprint density at radius 3 is 2.54 bits per heavy atom. The molecule has 6 nitrogen and oxygen atoms in total. The maximum atomic E-state index is 5.45. The van der Waals surface area contributed by atoms with Crippen LogP contribution >= 0.6 is 11.8 Å². The van der Waals surface area contributed by atoms with Gasteiger partial charge in [-0.25, -0.2) is 0 Å². The maximum Gasteiger partial charge on any atom is 0.229 e. The van der Waals surface area contributed by atoms with Crippen molar-refractivity contribution in [3.05, 3.63) is 46.8 Å². The van der Waals surface area contributed by atoms with E-state index in [2.05, 4.69) is 53.0 Å². The van der Waals surface area contributed by atoms with Crippen molar-refractivity contribution in [1.29, 1.82) is 0 Å². The maximum absolute atomic E-state index is 5.45. The Morgan fingerprint density at radius 2 is 1.86 bits per heavy atom. The van der Waals surface area contributed by atoms with Crippen molar-refractivity contribution >= 4 is 23.4 Å². The zero-order valence-corrected chi connectivity index (χ0v) is 18.2. The van der Waals surface area contributed by atoms with Gasteiger partial charge in [0.25, 0.3) is 0 Å². The molecule has 0 bridgehead atoms. The van der Waals surface area contributed by atoms with Crippen molar-refractivity contribution in [3.63, 3.8) is 0 Å². The molecule has 150 valence electrons. The summed E-state index contributed by atoms with van der Waals surface area (Å²) in [6.07, 6.45) is 4.35. The first-order valence-electron chi connectivity index (χ1n) is 9.27. The van der Waals surface area contributed by atoms with Crippen LogP contribution in [-0.2, 0) is 5.75 Å². The standard InChI is InChI=1S/C21H28N4O2S/c1-13(2)7-8-14(3)17-11-28-12-20-23-24-21(25(17)20)22-16-10-19(27-6)18(26-5)9-15(16)4/h7-10,17H,11-12H2,1-6H3,(H,22,24). The second kappa shape index (κ2) is 8.73. The summed E-state index contributed by atoms with van der Waals surface area (Å²) >= 11 is 1.89. The van der Waals surface area contributed by atoms with Gasteiger partial charge in [0.1, 0.15) is 5.82 Å². The second-order valence-electron chi connectivity index (χ2n) is 7.14. The van der Waals surface area contributed by atoms with Gasteiger partial charge in [0.15, 0.2) is 11.5 Å². The summed E-state index contributed by atoms with van der Waals surface area (Å²) in [4.78, 5) is 0. The molecule has 1 atom stereocenters.